The van der Waals surface area contributed by atoms with E-state index < -0.39 is 17.7 Å². The Balaban J connectivity index is 3.35. The van der Waals surface area contributed by atoms with Crippen LogP contribution >= 0.6 is 15.9 Å². The molecule has 0 aliphatic rings. The Kier molecular flexibility index (Phi) is 3.62. The Labute approximate surface area is 87.9 Å². The third kappa shape index (κ3) is 1.95. The molecule has 1 aromatic heterocycles. The fraction of sp³-hybridized carbons (Fsp3) is 0.375. The molecule has 0 fully saturated rings. The topological polar surface area (TPSA) is 42.4 Å². The molecule has 0 unspecified atom stereocenters. The molecule has 3 nitrogen and oxygen atoms in total. The minimum Gasteiger partial charge on any atom is -0.506 e. The molecule has 6 heteroatoms. The molecule has 0 aliphatic carbocycles. The molecule has 1 rings (SSSR count). The normalized spacial score (nSPS) is 10.6. The molecule has 0 aliphatic heterocycles. The standard InChI is InChI=1S/C8H8BrF2NO2/c1-14-7-4(2-9)12-3-5(13)6(7)8(10)11/h3,8,13H,2H2,1H3. The SMILES string of the molecule is COc1c(CBr)ncc(O)c1C(F)F. The number of aromatic hydroxyl groups is 1. The van der Waals surface area contributed by atoms with Crippen LogP contribution in [-0.4, -0.2) is 17.2 Å². The van der Waals surface area contributed by atoms with Crippen LogP contribution in [0.1, 0.15) is 17.7 Å². The van der Waals surface area contributed by atoms with Crippen LogP contribution in [0, 0.1) is 0 Å². The van der Waals surface area contributed by atoms with Gasteiger partial charge in [-0.15, -0.1) is 0 Å². The fourth-order valence-corrected chi connectivity index (χ4v) is 1.47. The second-order valence-corrected chi connectivity index (χ2v) is 3.03. The third-order valence-electron chi connectivity index (χ3n) is 1.67. The Morgan fingerprint density at radius 3 is 2.71 bits per heavy atom. The van der Waals surface area contributed by atoms with Gasteiger partial charge in [0.05, 0.1) is 19.0 Å². The van der Waals surface area contributed by atoms with Crippen molar-refractivity contribution in [3.8, 4) is 11.5 Å². The lowest BCUT2D eigenvalue weighted by molar-refractivity contribution is 0.142. The van der Waals surface area contributed by atoms with Crippen molar-refractivity contribution in [3.63, 3.8) is 0 Å². The fourth-order valence-electron chi connectivity index (χ4n) is 1.07. The van der Waals surface area contributed by atoms with Gasteiger partial charge in [0.15, 0.2) is 5.75 Å². The van der Waals surface area contributed by atoms with Gasteiger partial charge in [-0.05, 0) is 0 Å². The summed E-state index contributed by atoms with van der Waals surface area (Å²) in [6, 6.07) is 0. The van der Waals surface area contributed by atoms with E-state index in [0.29, 0.717) is 5.69 Å². The Morgan fingerprint density at radius 2 is 2.29 bits per heavy atom. The maximum Gasteiger partial charge on any atom is 0.271 e. The van der Waals surface area contributed by atoms with Crippen LogP contribution in [0.15, 0.2) is 6.20 Å². The average molecular weight is 268 g/mol. The van der Waals surface area contributed by atoms with Crippen molar-refractivity contribution in [3.05, 3.63) is 17.5 Å². The molecule has 14 heavy (non-hydrogen) atoms. The molecule has 0 saturated heterocycles. The van der Waals surface area contributed by atoms with E-state index in [1.165, 1.54) is 7.11 Å². The van der Waals surface area contributed by atoms with Gasteiger partial charge in [0, 0.05) is 5.33 Å². The number of methoxy groups -OCH3 is 1. The first-order valence-electron chi connectivity index (χ1n) is 3.70. The number of halogens is 3. The largest absolute Gasteiger partial charge is 0.506 e. The molecule has 0 atom stereocenters. The number of ether oxygens (including phenoxy) is 1. The van der Waals surface area contributed by atoms with E-state index >= 15 is 0 Å². The quantitative estimate of drug-likeness (QED) is 0.857. The van der Waals surface area contributed by atoms with Gasteiger partial charge in [0.2, 0.25) is 0 Å². The molecule has 0 bridgehead atoms. The third-order valence-corrected chi connectivity index (χ3v) is 2.21. The summed E-state index contributed by atoms with van der Waals surface area (Å²) in [7, 11) is 1.26. The smallest absolute Gasteiger partial charge is 0.271 e. The molecule has 0 radical (unpaired) electrons. The van der Waals surface area contributed by atoms with Gasteiger partial charge in [0.25, 0.3) is 6.43 Å². The summed E-state index contributed by atoms with van der Waals surface area (Å²) < 4.78 is 29.8. The van der Waals surface area contributed by atoms with E-state index in [1.807, 2.05) is 0 Å². The summed E-state index contributed by atoms with van der Waals surface area (Å²) in [6.45, 7) is 0. The van der Waals surface area contributed by atoms with Crippen LogP contribution in [0.25, 0.3) is 0 Å². The summed E-state index contributed by atoms with van der Waals surface area (Å²) >= 11 is 3.09. The minimum atomic E-state index is -2.79. The Hall–Kier alpha value is -0.910. The monoisotopic (exact) mass is 267 g/mol. The van der Waals surface area contributed by atoms with Crippen LogP contribution in [0.5, 0.6) is 11.5 Å². The number of rotatable bonds is 3. The number of pyridine rings is 1. The first-order chi connectivity index (χ1) is 6.61. The molecule has 1 aromatic rings. The summed E-state index contributed by atoms with van der Waals surface area (Å²) in [6.07, 6.45) is -1.80. The molecule has 78 valence electrons. The van der Waals surface area contributed by atoms with E-state index in [0.717, 1.165) is 6.20 Å². The molecule has 0 saturated carbocycles. The second kappa shape index (κ2) is 4.54. The second-order valence-electron chi connectivity index (χ2n) is 2.47. The zero-order valence-electron chi connectivity index (χ0n) is 7.30. The lowest BCUT2D eigenvalue weighted by atomic mass is 10.2. The number of hydrogen-bond donors (Lipinski definition) is 1. The van der Waals surface area contributed by atoms with Crippen molar-refractivity contribution in [1.29, 1.82) is 0 Å². The van der Waals surface area contributed by atoms with Crippen molar-refractivity contribution in [2.24, 2.45) is 0 Å². The summed E-state index contributed by atoms with van der Waals surface area (Å²) in [4.78, 5) is 3.76. The van der Waals surface area contributed by atoms with Crippen LogP contribution in [0.4, 0.5) is 8.78 Å². The van der Waals surface area contributed by atoms with E-state index in [4.69, 9.17) is 4.74 Å². The number of alkyl halides is 3. The molecule has 1 heterocycles. The van der Waals surface area contributed by atoms with Crippen molar-refractivity contribution in [2.45, 2.75) is 11.8 Å². The molecule has 0 amide bonds. The Morgan fingerprint density at radius 1 is 1.64 bits per heavy atom. The predicted molar refractivity (Wildman–Crippen MR) is 50.0 cm³/mol. The zero-order valence-corrected chi connectivity index (χ0v) is 8.88. The van der Waals surface area contributed by atoms with Gasteiger partial charge in [0.1, 0.15) is 11.3 Å². The molecule has 1 N–H and O–H groups in total. The van der Waals surface area contributed by atoms with Crippen LogP contribution in [0.3, 0.4) is 0 Å². The minimum absolute atomic E-state index is 0.0723. The van der Waals surface area contributed by atoms with E-state index in [-0.39, 0.29) is 11.1 Å². The number of nitrogens with zero attached hydrogens (tertiary/aromatic N) is 1. The van der Waals surface area contributed by atoms with Gasteiger partial charge in [-0.1, -0.05) is 15.9 Å². The zero-order chi connectivity index (χ0) is 10.7. The van der Waals surface area contributed by atoms with E-state index in [9.17, 15) is 13.9 Å². The molecule has 0 spiro atoms. The molecule has 0 aromatic carbocycles. The van der Waals surface area contributed by atoms with Gasteiger partial charge in [-0.25, -0.2) is 8.78 Å². The van der Waals surface area contributed by atoms with Crippen LogP contribution in [-0.2, 0) is 5.33 Å². The molecular weight excluding hydrogens is 260 g/mol. The van der Waals surface area contributed by atoms with Crippen molar-refractivity contribution in [2.75, 3.05) is 7.11 Å². The van der Waals surface area contributed by atoms with Crippen LogP contribution < -0.4 is 4.74 Å². The van der Waals surface area contributed by atoms with Gasteiger partial charge >= 0.3 is 0 Å². The number of aromatic nitrogens is 1. The lowest BCUT2D eigenvalue weighted by Crippen LogP contribution is -1.99. The Bertz CT molecular complexity index is 333. The van der Waals surface area contributed by atoms with Gasteiger partial charge in [-0.2, -0.15) is 0 Å². The molecular formula is C8H8BrF2NO2. The highest BCUT2D eigenvalue weighted by molar-refractivity contribution is 9.08. The summed E-state index contributed by atoms with van der Waals surface area (Å²) in [5.41, 5.74) is -0.183. The van der Waals surface area contributed by atoms with Crippen molar-refractivity contribution < 1.29 is 18.6 Å². The van der Waals surface area contributed by atoms with Gasteiger partial charge < -0.3 is 9.84 Å². The van der Waals surface area contributed by atoms with E-state index in [1.54, 1.807) is 0 Å². The highest BCUT2D eigenvalue weighted by Crippen LogP contribution is 2.37. The van der Waals surface area contributed by atoms with Gasteiger partial charge in [-0.3, -0.25) is 4.98 Å². The van der Waals surface area contributed by atoms with E-state index in [2.05, 4.69) is 20.9 Å². The first kappa shape index (κ1) is 11.2. The summed E-state index contributed by atoms with van der Waals surface area (Å²) in [5.74, 6) is -0.626. The predicted octanol–water partition coefficient (Wildman–Crippen LogP) is 2.63. The first-order valence-corrected chi connectivity index (χ1v) is 4.82. The van der Waals surface area contributed by atoms with Crippen molar-refractivity contribution >= 4 is 15.9 Å². The lowest BCUT2D eigenvalue weighted by Gasteiger charge is -2.11. The van der Waals surface area contributed by atoms with Crippen molar-refractivity contribution in [1.82, 2.24) is 4.98 Å². The summed E-state index contributed by atoms with van der Waals surface area (Å²) in [5, 5.41) is 9.46. The highest BCUT2D eigenvalue weighted by Gasteiger charge is 2.22. The highest BCUT2D eigenvalue weighted by atomic mass is 79.9. The maximum absolute atomic E-state index is 12.5. The number of hydrogen-bond acceptors (Lipinski definition) is 3. The maximum atomic E-state index is 12.5. The van der Waals surface area contributed by atoms with Crippen LogP contribution in [0.2, 0.25) is 0 Å². The average Bonchev–Trinajstić information content (AvgIpc) is 2.16.